The quantitative estimate of drug-likeness (QED) is 0.678. The Balaban J connectivity index is 2.41. The van der Waals surface area contributed by atoms with Gasteiger partial charge in [-0.25, -0.2) is 5.01 Å². The second-order valence-corrected chi connectivity index (χ2v) is 4.15. The van der Waals surface area contributed by atoms with E-state index in [2.05, 4.69) is 54.2 Å². The summed E-state index contributed by atoms with van der Waals surface area (Å²) in [4.78, 5) is 0. The van der Waals surface area contributed by atoms with Crippen LogP contribution in [0.15, 0.2) is 18.3 Å². The van der Waals surface area contributed by atoms with E-state index in [1.54, 1.807) is 0 Å². The Hall–Kier alpha value is -1.09. The Morgan fingerprint density at radius 2 is 2.29 bits per heavy atom. The van der Waals surface area contributed by atoms with E-state index in [4.69, 9.17) is 0 Å². The largest absolute Gasteiger partial charge is 0.314 e. The number of nitrogens with one attached hydrogen (secondary N) is 1. The number of fused-ring (bicyclic) bond motifs is 1. The Morgan fingerprint density at radius 3 is 3.00 bits per heavy atom. The van der Waals surface area contributed by atoms with E-state index in [-0.39, 0.29) is 0 Å². The SMILES string of the molecule is CC(C)[n+]1cccc2c1CCN(C)N2. The van der Waals surface area contributed by atoms with Crippen molar-refractivity contribution in [1.82, 2.24) is 5.01 Å². The first kappa shape index (κ1) is 9.46. The highest BCUT2D eigenvalue weighted by molar-refractivity contribution is 5.45. The first-order chi connectivity index (χ1) is 6.68. The highest BCUT2D eigenvalue weighted by Gasteiger charge is 2.22. The van der Waals surface area contributed by atoms with Crippen molar-refractivity contribution in [3.63, 3.8) is 0 Å². The second-order valence-electron chi connectivity index (χ2n) is 4.15. The highest BCUT2D eigenvalue weighted by atomic mass is 15.5. The molecule has 0 radical (unpaired) electrons. The molecule has 3 nitrogen and oxygen atoms in total. The molecule has 0 amide bonds. The Labute approximate surface area is 85.3 Å². The van der Waals surface area contributed by atoms with E-state index in [0.717, 1.165) is 13.0 Å². The predicted octanol–water partition coefficient (Wildman–Crippen LogP) is 1.37. The average Bonchev–Trinajstić information content (AvgIpc) is 2.16. The van der Waals surface area contributed by atoms with Gasteiger partial charge in [0.2, 0.25) is 5.69 Å². The van der Waals surface area contributed by atoms with Crippen LogP contribution in [0.2, 0.25) is 0 Å². The van der Waals surface area contributed by atoms with E-state index < -0.39 is 0 Å². The summed E-state index contributed by atoms with van der Waals surface area (Å²) >= 11 is 0. The van der Waals surface area contributed by atoms with E-state index >= 15 is 0 Å². The van der Waals surface area contributed by atoms with Crippen molar-refractivity contribution in [1.29, 1.82) is 0 Å². The summed E-state index contributed by atoms with van der Waals surface area (Å²) in [7, 11) is 2.08. The van der Waals surface area contributed by atoms with Crippen molar-refractivity contribution >= 4 is 5.69 Å². The molecular weight excluding hydrogens is 174 g/mol. The summed E-state index contributed by atoms with van der Waals surface area (Å²) in [6.45, 7) is 5.51. The van der Waals surface area contributed by atoms with Gasteiger partial charge in [0.05, 0.1) is 0 Å². The zero-order valence-corrected chi connectivity index (χ0v) is 9.12. The number of pyridine rings is 1. The second kappa shape index (κ2) is 3.58. The van der Waals surface area contributed by atoms with Gasteiger partial charge in [0, 0.05) is 26.1 Å². The minimum absolute atomic E-state index is 0.537. The molecule has 0 aliphatic carbocycles. The fourth-order valence-electron chi connectivity index (χ4n) is 1.94. The zero-order valence-electron chi connectivity index (χ0n) is 9.12. The molecule has 2 rings (SSSR count). The Kier molecular flexibility index (Phi) is 2.42. The van der Waals surface area contributed by atoms with E-state index in [0.29, 0.717) is 6.04 Å². The monoisotopic (exact) mass is 192 g/mol. The number of hydrogen-bond donors (Lipinski definition) is 1. The molecule has 0 bridgehead atoms. The maximum Gasteiger partial charge on any atom is 0.207 e. The molecule has 0 saturated heterocycles. The van der Waals surface area contributed by atoms with Gasteiger partial charge in [0.25, 0.3) is 0 Å². The van der Waals surface area contributed by atoms with Crippen LogP contribution in [0, 0.1) is 0 Å². The molecule has 14 heavy (non-hydrogen) atoms. The summed E-state index contributed by atoms with van der Waals surface area (Å²) < 4.78 is 2.34. The lowest BCUT2D eigenvalue weighted by Gasteiger charge is -2.25. The molecule has 1 aliphatic heterocycles. The van der Waals surface area contributed by atoms with Gasteiger partial charge in [0.15, 0.2) is 12.2 Å². The van der Waals surface area contributed by atoms with Crippen LogP contribution in [0.25, 0.3) is 0 Å². The molecular formula is C11H18N3+. The van der Waals surface area contributed by atoms with Crippen molar-refractivity contribution in [2.75, 3.05) is 19.0 Å². The van der Waals surface area contributed by atoms with Gasteiger partial charge < -0.3 is 5.43 Å². The van der Waals surface area contributed by atoms with E-state index in [9.17, 15) is 0 Å². The van der Waals surface area contributed by atoms with Crippen molar-refractivity contribution in [3.8, 4) is 0 Å². The lowest BCUT2D eigenvalue weighted by molar-refractivity contribution is -0.722. The first-order valence-corrected chi connectivity index (χ1v) is 5.19. The van der Waals surface area contributed by atoms with Gasteiger partial charge in [-0.05, 0) is 19.9 Å². The topological polar surface area (TPSA) is 19.1 Å². The Bertz CT molecular complexity index is 333. The third-order valence-electron chi connectivity index (χ3n) is 2.68. The standard InChI is InChI=1S/C11H18N3/c1-9(2)14-7-4-5-10-11(14)6-8-13(3)12-10/h4-5,7,9,12H,6,8H2,1-3H3/q+1. The van der Waals surface area contributed by atoms with Crippen LogP contribution in [-0.4, -0.2) is 18.6 Å². The maximum absolute atomic E-state index is 3.37. The molecule has 1 aliphatic rings. The minimum Gasteiger partial charge on any atom is -0.314 e. The summed E-state index contributed by atoms with van der Waals surface area (Å²) in [5.74, 6) is 0. The van der Waals surface area contributed by atoms with Crippen LogP contribution in [0.5, 0.6) is 0 Å². The van der Waals surface area contributed by atoms with Crippen LogP contribution in [0.1, 0.15) is 25.6 Å². The third kappa shape index (κ3) is 1.60. The van der Waals surface area contributed by atoms with Crippen molar-refractivity contribution in [3.05, 3.63) is 24.0 Å². The Morgan fingerprint density at radius 1 is 1.50 bits per heavy atom. The van der Waals surface area contributed by atoms with E-state index in [1.165, 1.54) is 11.4 Å². The summed E-state index contributed by atoms with van der Waals surface area (Å²) in [5.41, 5.74) is 6.03. The van der Waals surface area contributed by atoms with Crippen LogP contribution in [-0.2, 0) is 6.42 Å². The summed E-state index contributed by atoms with van der Waals surface area (Å²) in [5, 5.41) is 2.13. The van der Waals surface area contributed by atoms with Crippen LogP contribution in [0.4, 0.5) is 5.69 Å². The van der Waals surface area contributed by atoms with Crippen LogP contribution in [0.3, 0.4) is 0 Å². The van der Waals surface area contributed by atoms with E-state index in [1.807, 2.05) is 0 Å². The zero-order chi connectivity index (χ0) is 10.1. The third-order valence-corrected chi connectivity index (χ3v) is 2.68. The van der Waals surface area contributed by atoms with Gasteiger partial charge in [-0.2, -0.15) is 4.57 Å². The normalized spacial score (nSPS) is 16.6. The molecule has 0 fully saturated rings. The minimum atomic E-state index is 0.537. The van der Waals surface area contributed by atoms with Crippen molar-refractivity contribution in [2.45, 2.75) is 26.3 Å². The highest BCUT2D eigenvalue weighted by Crippen LogP contribution is 2.17. The molecule has 2 heterocycles. The maximum atomic E-state index is 3.37. The molecule has 3 heteroatoms. The number of hydrazine groups is 1. The molecule has 0 atom stereocenters. The van der Waals surface area contributed by atoms with Gasteiger partial charge in [-0.3, -0.25) is 0 Å². The number of likely N-dealkylation sites (N-methyl/N-ethyl adjacent to an activating group) is 1. The molecule has 0 aromatic carbocycles. The van der Waals surface area contributed by atoms with Crippen LogP contribution < -0.4 is 9.99 Å². The smallest absolute Gasteiger partial charge is 0.207 e. The number of anilines is 1. The van der Waals surface area contributed by atoms with Crippen LogP contribution >= 0.6 is 0 Å². The fourth-order valence-corrected chi connectivity index (χ4v) is 1.94. The number of nitrogens with zero attached hydrogens (tertiary/aromatic N) is 2. The molecule has 1 aromatic heterocycles. The van der Waals surface area contributed by atoms with Crippen molar-refractivity contribution < 1.29 is 4.57 Å². The number of hydrogen-bond acceptors (Lipinski definition) is 2. The molecule has 0 unspecified atom stereocenters. The summed E-state index contributed by atoms with van der Waals surface area (Å²) in [6, 6.07) is 4.78. The number of aromatic nitrogens is 1. The van der Waals surface area contributed by atoms with Gasteiger partial charge in [0.1, 0.15) is 5.69 Å². The van der Waals surface area contributed by atoms with Gasteiger partial charge in [-0.1, -0.05) is 0 Å². The van der Waals surface area contributed by atoms with Gasteiger partial charge >= 0.3 is 0 Å². The molecule has 1 aromatic rings. The fraction of sp³-hybridized carbons (Fsp3) is 0.545. The molecule has 0 saturated carbocycles. The molecule has 1 N–H and O–H groups in total. The van der Waals surface area contributed by atoms with Crippen molar-refractivity contribution in [2.24, 2.45) is 0 Å². The average molecular weight is 192 g/mol. The number of rotatable bonds is 1. The molecule has 0 spiro atoms. The van der Waals surface area contributed by atoms with Gasteiger partial charge in [-0.15, -0.1) is 0 Å². The molecule has 76 valence electrons. The lowest BCUT2D eigenvalue weighted by atomic mass is 10.1. The lowest BCUT2D eigenvalue weighted by Crippen LogP contribution is -2.45. The summed E-state index contributed by atoms with van der Waals surface area (Å²) in [6.07, 6.45) is 3.29. The first-order valence-electron chi connectivity index (χ1n) is 5.19. The predicted molar refractivity (Wildman–Crippen MR) is 57.0 cm³/mol.